The zero-order chi connectivity index (χ0) is 23.0. The number of rotatable bonds is 5. The number of carbonyl (C=O) groups excluding carboxylic acids is 1. The van der Waals surface area contributed by atoms with Gasteiger partial charge in [0, 0.05) is 12.6 Å². The van der Waals surface area contributed by atoms with Crippen molar-refractivity contribution >= 4 is 24.3 Å². The molecule has 0 aliphatic carbocycles. The monoisotopic (exact) mass is 426 g/mol. The highest BCUT2D eigenvalue weighted by molar-refractivity contribution is 6.62. The number of para-hydroxylation sites is 1. The van der Waals surface area contributed by atoms with Gasteiger partial charge in [-0.25, -0.2) is 21.5 Å². The van der Waals surface area contributed by atoms with Crippen LogP contribution in [0.5, 0.6) is 5.75 Å². The number of urea groups is 1. The normalized spacial score (nSPS) is 16.8. The summed E-state index contributed by atoms with van der Waals surface area (Å²) in [6.45, 7) is 10.3. The minimum atomic E-state index is -0.532. The number of anilines is 1. The number of nitrogens with two attached hydrogens (primary N) is 2. The van der Waals surface area contributed by atoms with Crippen molar-refractivity contribution in [2.45, 2.75) is 52.4 Å². The van der Waals surface area contributed by atoms with E-state index in [0.717, 1.165) is 32.4 Å². The predicted octanol–water partition coefficient (Wildman–Crippen LogP) is 2.48. The highest BCUT2D eigenvalue weighted by Gasteiger charge is 2.51. The van der Waals surface area contributed by atoms with Crippen LogP contribution in [0.4, 0.5) is 10.5 Å². The Morgan fingerprint density at radius 3 is 2.26 bits per heavy atom. The molecule has 166 valence electrons. The fraction of sp³-hybridized carbons (Fsp3) is 0.409. The van der Waals surface area contributed by atoms with E-state index >= 15 is 0 Å². The van der Waals surface area contributed by atoms with Crippen molar-refractivity contribution in [3.63, 3.8) is 0 Å². The number of aryl methyl sites for hydroxylation is 1. The summed E-state index contributed by atoms with van der Waals surface area (Å²) in [5.41, 5.74) is 2.38. The largest absolute Gasteiger partial charge is 0.494 e. The minimum absolute atomic E-state index is 0.238. The van der Waals surface area contributed by atoms with Crippen LogP contribution < -0.4 is 26.9 Å². The van der Waals surface area contributed by atoms with E-state index in [1.54, 1.807) is 12.1 Å². The van der Waals surface area contributed by atoms with Crippen LogP contribution in [-0.2, 0) is 15.9 Å². The lowest BCUT2D eigenvalue weighted by Gasteiger charge is -2.32. The Morgan fingerprint density at radius 1 is 1.06 bits per heavy atom. The topological polar surface area (TPSA) is 103 Å². The van der Waals surface area contributed by atoms with Gasteiger partial charge >= 0.3 is 13.1 Å². The molecule has 0 bridgehead atoms. The first kappa shape index (κ1) is 23.1. The van der Waals surface area contributed by atoms with Gasteiger partial charge < -0.3 is 14.0 Å². The molecule has 2 amide bonds. The molecule has 9 heteroatoms. The van der Waals surface area contributed by atoms with Gasteiger partial charge in [0.25, 0.3) is 0 Å². The number of hydrogen-bond donors (Lipinski definition) is 2. The second kappa shape index (κ2) is 8.51. The molecule has 0 saturated carbocycles. The molecule has 1 saturated heterocycles. The highest BCUT2D eigenvalue weighted by atomic mass is 16.7. The number of amides is 2. The van der Waals surface area contributed by atoms with Crippen LogP contribution in [0, 0.1) is 6.92 Å². The van der Waals surface area contributed by atoms with Gasteiger partial charge in [0.2, 0.25) is 0 Å². The first-order chi connectivity index (χ1) is 14.4. The van der Waals surface area contributed by atoms with E-state index in [0.29, 0.717) is 5.69 Å². The van der Waals surface area contributed by atoms with E-state index in [4.69, 9.17) is 25.7 Å². The minimum Gasteiger partial charge on any atom is -0.489 e. The molecule has 3 rings (SSSR count). The third-order valence-corrected chi connectivity index (χ3v) is 5.87. The van der Waals surface area contributed by atoms with Crippen molar-refractivity contribution in [3.8, 4) is 5.75 Å². The van der Waals surface area contributed by atoms with Gasteiger partial charge in [0.1, 0.15) is 12.4 Å². The lowest BCUT2D eigenvalue weighted by Crippen LogP contribution is -2.49. The third kappa shape index (κ3) is 4.69. The van der Waals surface area contributed by atoms with Crippen molar-refractivity contribution in [3.05, 3.63) is 53.6 Å². The summed E-state index contributed by atoms with van der Waals surface area (Å²) in [7, 11) is 1.01. The number of carbonyl (C=O) groups is 1. The molecule has 8 nitrogen and oxygen atoms in total. The molecule has 0 atom stereocenters. The molecule has 0 unspecified atom stereocenters. The number of nitrogens with zero attached hydrogens (tertiary/aromatic N) is 2. The Labute approximate surface area is 184 Å². The maximum Gasteiger partial charge on any atom is 0.494 e. The van der Waals surface area contributed by atoms with Gasteiger partial charge in [-0.1, -0.05) is 30.3 Å². The SMILES string of the molecule is Cc1cc(B2OC(C)(C)C(C)(C)O2)ccc1OCc1ccccc1N(N)C(=O)N(C)N. The molecule has 0 radical (unpaired) electrons. The van der Waals surface area contributed by atoms with Crippen molar-refractivity contribution in [2.75, 3.05) is 12.1 Å². The van der Waals surface area contributed by atoms with E-state index in [9.17, 15) is 4.79 Å². The standard InChI is InChI=1S/C22H31BN4O4/c1-15-13-17(23-30-21(2,3)22(4,5)31-23)11-12-19(15)29-14-16-9-7-8-10-18(16)27(25)20(28)26(6)24/h7-13H,14,24-25H2,1-6H3. The summed E-state index contributed by atoms with van der Waals surface area (Å²) in [5, 5.41) is 1.93. The average Bonchev–Trinajstić information content (AvgIpc) is 2.93. The molecule has 1 aliphatic rings. The maximum atomic E-state index is 12.1. The molecule has 31 heavy (non-hydrogen) atoms. The molecule has 0 aromatic heterocycles. The summed E-state index contributed by atoms with van der Waals surface area (Å²) in [5.74, 6) is 12.2. The fourth-order valence-electron chi connectivity index (χ4n) is 3.26. The molecule has 4 N–H and O–H groups in total. The summed E-state index contributed by atoms with van der Waals surface area (Å²) >= 11 is 0. The first-order valence-electron chi connectivity index (χ1n) is 10.2. The zero-order valence-electron chi connectivity index (χ0n) is 19.0. The first-order valence-corrected chi connectivity index (χ1v) is 10.2. The van der Waals surface area contributed by atoms with Gasteiger partial charge in [-0.3, -0.25) is 5.01 Å². The summed E-state index contributed by atoms with van der Waals surface area (Å²) in [6.07, 6.45) is 0. The average molecular weight is 426 g/mol. The van der Waals surface area contributed by atoms with Crippen LogP contribution in [0.2, 0.25) is 0 Å². The van der Waals surface area contributed by atoms with E-state index in [2.05, 4.69) is 0 Å². The van der Waals surface area contributed by atoms with E-state index in [1.165, 1.54) is 7.05 Å². The summed E-state index contributed by atoms with van der Waals surface area (Å²) in [6, 6.07) is 12.6. The van der Waals surface area contributed by atoms with Crippen molar-refractivity contribution in [1.82, 2.24) is 5.01 Å². The van der Waals surface area contributed by atoms with Gasteiger partial charge in [-0.2, -0.15) is 0 Å². The van der Waals surface area contributed by atoms with E-state index in [1.807, 2.05) is 65.0 Å². The van der Waals surface area contributed by atoms with Crippen LogP contribution in [-0.4, -0.2) is 36.4 Å². The molecule has 2 aromatic carbocycles. The third-order valence-electron chi connectivity index (χ3n) is 5.87. The molecular formula is C22H31BN4O4. The van der Waals surface area contributed by atoms with Crippen molar-refractivity contribution in [2.24, 2.45) is 11.7 Å². The van der Waals surface area contributed by atoms with Gasteiger partial charge in [0.05, 0.1) is 16.9 Å². The summed E-state index contributed by atoms with van der Waals surface area (Å²) < 4.78 is 18.3. The van der Waals surface area contributed by atoms with Crippen LogP contribution in [0.15, 0.2) is 42.5 Å². The lowest BCUT2D eigenvalue weighted by atomic mass is 9.78. The fourth-order valence-corrected chi connectivity index (χ4v) is 3.26. The van der Waals surface area contributed by atoms with Crippen LogP contribution >= 0.6 is 0 Å². The molecule has 2 aromatic rings. The molecule has 1 fully saturated rings. The second-order valence-electron chi connectivity index (χ2n) is 8.79. The molecule has 0 spiro atoms. The van der Waals surface area contributed by atoms with Gasteiger partial charge in [-0.05, 0) is 57.8 Å². The molecule has 1 aliphatic heterocycles. The Morgan fingerprint density at radius 2 is 1.68 bits per heavy atom. The van der Waals surface area contributed by atoms with Crippen molar-refractivity contribution in [1.29, 1.82) is 0 Å². The van der Waals surface area contributed by atoms with Crippen LogP contribution in [0.1, 0.15) is 38.8 Å². The Hall–Kier alpha value is -2.59. The number of ether oxygens (including phenoxy) is 1. The highest BCUT2D eigenvalue weighted by Crippen LogP contribution is 2.36. The number of benzene rings is 2. The lowest BCUT2D eigenvalue weighted by molar-refractivity contribution is 0.00578. The Balaban J connectivity index is 1.74. The molecular weight excluding hydrogens is 395 g/mol. The van der Waals surface area contributed by atoms with Crippen LogP contribution in [0.3, 0.4) is 0 Å². The van der Waals surface area contributed by atoms with Gasteiger partial charge in [-0.15, -0.1) is 0 Å². The van der Waals surface area contributed by atoms with E-state index < -0.39 is 24.4 Å². The smallest absolute Gasteiger partial charge is 0.489 e. The summed E-state index contributed by atoms with van der Waals surface area (Å²) in [4.78, 5) is 12.1. The molecule has 1 heterocycles. The Kier molecular flexibility index (Phi) is 6.34. The number of hydrogen-bond acceptors (Lipinski definition) is 6. The zero-order valence-corrected chi connectivity index (χ0v) is 19.0. The van der Waals surface area contributed by atoms with Crippen molar-refractivity contribution < 1.29 is 18.8 Å². The number of hydrazine groups is 2. The van der Waals surface area contributed by atoms with Gasteiger partial charge in [0.15, 0.2) is 0 Å². The quantitative estimate of drug-likeness (QED) is 0.330. The second-order valence-corrected chi connectivity index (χ2v) is 8.79. The predicted molar refractivity (Wildman–Crippen MR) is 122 cm³/mol. The maximum absolute atomic E-state index is 12.1. The Bertz CT molecular complexity index is 948. The van der Waals surface area contributed by atoms with Crippen LogP contribution in [0.25, 0.3) is 0 Å². The van der Waals surface area contributed by atoms with E-state index in [-0.39, 0.29) is 6.61 Å².